The summed E-state index contributed by atoms with van der Waals surface area (Å²) in [6.45, 7) is 1.95. The monoisotopic (exact) mass is 522 g/mol. The van der Waals surface area contributed by atoms with Gasteiger partial charge in [-0.1, -0.05) is 11.2 Å². The van der Waals surface area contributed by atoms with Crippen LogP contribution in [0.1, 0.15) is 43.2 Å². The quantitative estimate of drug-likeness (QED) is 0.265. The van der Waals surface area contributed by atoms with Gasteiger partial charge in [0.1, 0.15) is 17.4 Å². The van der Waals surface area contributed by atoms with E-state index in [9.17, 15) is 18.0 Å². The Morgan fingerprint density at radius 2 is 1.95 bits per heavy atom. The second-order valence-electron chi connectivity index (χ2n) is 9.90. The van der Waals surface area contributed by atoms with Crippen LogP contribution >= 0.6 is 0 Å². The van der Waals surface area contributed by atoms with Crippen molar-refractivity contribution >= 4 is 39.5 Å². The van der Waals surface area contributed by atoms with E-state index in [1.807, 2.05) is 19.1 Å². The molecular weight excluding hydrogens is 501 g/mol. The molecule has 12 heteroatoms. The van der Waals surface area contributed by atoms with Crippen molar-refractivity contribution in [1.82, 2.24) is 19.7 Å². The molecule has 9 nitrogen and oxygen atoms in total. The predicted molar refractivity (Wildman–Crippen MR) is 132 cm³/mol. The fourth-order valence-corrected chi connectivity index (χ4v) is 5.09. The molecule has 0 spiro atoms. The van der Waals surface area contributed by atoms with Crippen LogP contribution in [0.2, 0.25) is 0 Å². The molecule has 38 heavy (non-hydrogen) atoms. The van der Waals surface area contributed by atoms with Crippen LogP contribution in [0.25, 0.3) is 33.1 Å². The summed E-state index contributed by atoms with van der Waals surface area (Å²) in [5.41, 5.74) is 2.47. The molecule has 4 aromatic heterocycles. The Kier molecular flexibility index (Phi) is 4.70. The summed E-state index contributed by atoms with van der Waals surface area (Å²) in [7, 11) is 0. The molecule has 0 saturated heterocycles. The number of nitrogens with zero attached hydrogens (tertiary/aromatic N) is 4. The second kappa shape index (κ2) is 7.83. The minimum Gasteiger partial charge on any atom is -0.462 e. The van der Waals surface area contributed by atoms with Gasteiger partial charge in [0.15, 0.2) is 17.2 Å². The summed E-state index contributed by atoms with van der Waals surface area (Å²) in [5.74, 6) is -0.411. The lowest BCUT2D eigenvalue weighted by atomic mass is 10.0. The molecule has 0 atom stereocenters. The van der Waals surface area contributed by atoms with Crippen LogP contribution in [-0.4, -0.2) is 31.9 Å². The van der Waals surface area contributed by atoms with Crippen molar-refractivity contribution in [3.8, 4) is 11.1 Å². The van der Waals surface area contributed by atoms with Crippen LogP contribution in [0.15, 0.2) is 52.0 Å². The number of carbonyl (C=O) groups is 1. The van der Waals surface area contributed by atoms with E-state index in [4.69, 9.17) is 8.94 Å². The maximum atomic E-state index is 13.4. The summed E-state index contributed by atoms with van der Waals surface area (Å²) >= 11 is 0. The van der Waals surface area contributed by atoms with E-state index in [-0.39, 0.29) is 24.4 Å². The van der Waals surface area contributed by atoms with Crippen molar-refractivity contribution in [3.05, 3.63) is 54.5 Å². The van der Waals surface area contributed by atoms with Crippen LogP contribution < -0.4 is 10.6 Å². The lowest BCUT2D eigenvalue weighted by Gasteiger charge is -2.15. The van der Waals surface area contributed by atoms with Crippen molar-refractivity contribution in [3.63, 3.8) is 0 Å². The Labute approximate surface area is 213 Å². The lowest BCUT2D eigenvalue weighted by molar-refractivity contribution is -0.165. The number of hydrogen-bond donors (Lipinski definition) is 2. The van der Waals surface area contributed by atoms with Crippen LogP contribution in [-0.2, 0) is 5.41 Å². The highest BCUT2D eigenvalue weighted by molar-refractivity contribution is 6.10. The number of hydrogen-bond acceptors (Lipinski definition) is 6. The summed E-state index contributed by atoms with van der Waals surface area (Å²) in [5, 5.41) is 10.5. The van der Waals surface area contributed by atoms with Gasteiger partial charge in [0, 0.05) is 34.6 Å². The fourth-order valence-electron chi connectivity index (χ4n) is 5.09. The average Bonchev–Trinajstić information content (AvgIpc) is 3.74. The number of amides is 2. The number of furan rings is 1. The molecule has 0 radical (unpaired) electrons. The fraction of sp³-hybridized carbons (Fsp3) is 0.308. The maximum Gasteiger partial charge on any atom is 0.401 e. The normalized spacial score (nSPS) is 16.7. The zero-order chi connectivity index (χ0) is 26.2. The minimum absolute atomic E-state index is 0.0644. The smallest absolute Gasteiger partial charge is 0.401 e. The number of fused-ring (bicyclic) bond motifs is 2. The lowest BCUT2D eigenvalue weighted by Crippen LogP contribution is -2.28. The Morgan fingerprint density at radius 3 is 2.68 bits per heavy atom. The predicted octanol–water partition coefficient (Wildman–Crippen LogP) is 6.71. The molecule has 5 aromatic rings. The van der Waals surface area contributed by atoms with E-state index < -0.39 is 17.6 Å². The molecule has 0 aliphatic heterocycles. The standard InChI is InChI=1S/C26H21F3N6O3/c1-13-21-17(11-35(14-2-3-14)23(21)31-12-30-13)15-4-5-18(22-16(15)6-9-37-22)32-24(36)33-20-10-19(38-34-20)25(7-8-25)26(27,28)29/h4-6,9-12,14H,2-3,7-8H2,1H3,(H2,32,33,34,36). The zero-order valence-corrected chi connectivity index (χ0v) is 20.1. The first-order valence-electron chi connectivity index (χ1n) is 12.2. The van der Waals surface area contributed by atoms with Crippen molar-refractivity contribution in [1.29, 1.82) is 0 Å². The summed E-state index contributed by atoms with van der Waals surface area (Å²) in [6.07, 6.45) is 2.86. The van der Waals surface area contributed by atoms with Crippen LogP contribution in [0.5, 0.6) is 0 Å². The SMILES string of the molecule is Cc1ncnc2c1c(-c1ccc(NC(=O)Nc3cc(C4(C(F)(F)F)CC4)on3)c3occc13)cn2C1CC1. The van der Waals surface area contributed by atoms with E-state index in [1.165, 1.54) is 6.26 Å². The van der Waals surface area contributed by atoms with E-state index in [2.05, 4.69) is 36.5 Å². The number of alkyl halides is 3. The number of halogens is 3. The van der Waals surface area contributed by atoms with Gasteiger partial charge in [-0.2, -0.15) is 13.2 Å². The zero-order valence-electron chi connectivity index (χ0n) is 20.1. The van der Waals surface area contributed by atoms with Gasteiger partial charge in [-0.15, -0.1) is 0 Å². The first kappa shape index (κ1) is 22.8. The van der Waals surface area contributed by atoms with Crippen LogP contribution in [0.4, 0.5) is 29.5 Å². The molecule has 7 rings (SSSR count). The van der Waals surface area contributed by atoms with E-state index in [0.717, 1.165) is 52.1 Å². The Balaban J connectivity index is 1.18. The van der Waals surface area contributed by atoms with Gasteiger partial charge in [-0.25, -0.2) is 14.8 Å². The highest BCUT2D eigenvalue weighted by atomic mass is 19.4. The number of anilines is 2. The van der Waals surface area contributed by atoms with Gasteiger partial charge >= 0.3 is 12.2 Å². The molecule has 2 saturated carbocycles. The minimum atomic E-state index is -4.44. The number of carbonyl (C=O) groups excluding carboxylic acids is 1. The molecule has 0 bridgehead atoms. The molecule has 2 fully saturated rings. The third-order valence-electron chi connectivity index (χ3n) is 7.41. The molecule has 2 N–H and O–H groups in total. The number of urea groups is 1. The second-order valence-corrected chi connectivity index (χ2v) is 9.90. The Hall–Kier alpha value is -4.35. The van der Waals surface area contributed by atoms with Gasteiger partial charge < -0.3 is 18.8 Å². The van der Waals surface area contributed by atoms with Crippen LogP contribution in [0, 0.1) is 6.92 Å². The number of nitrogens with one attached hydrogen (secondary N) is 2. The highest BCUT2D eigenvalue weighted by Crippen LogP contribution is 2.59. The topological polar surface area (TPSA) is 111 Å². The van der Waals surface area contributed by atoms with Gasteiger partial charge in [-0.3, -0.25) is 5.32 Å². The maximum absolute atomic E-state index is 13.4. The van der Waals surface area contributed by atoms with Gasteiger partial charge in [0.25, 0.3) is 0 Å². The number of rotatable bonds is 5. The number of aryl methyl sites for hydroxylation is 1. The summed E-state index contributed by atoms with van der Waals surface area (Å²) < 4.78 is 52.9. The Morgan fingerprint density at radius 1 is 1.13 bits per heavy atom. The molecule has 0 unspecified atom stereocenters. The first-order valence-corrected chi connectivity index (χ1v) is 12.2. The molecule has 2 aliphatic carbocycles. The molecule has 4 heterocycles. The van der Waals surface area contributed by atoms with E-state index in [0.29, 0.717) is 17.3 Å². The van der Waals surface area contributed by atoms with E-state index >= 15 is 0 Å². The van der Waals surface area contributed by atoms with Gasteiger partial charge in [0.05, 0.1) is 17.6 Å². The highest BCUT2D eigenvalue weighted by Gasteiger charge is 2.66. The van der Waals surface area contributed by atoms with Crippen molar-refractivity contribution < 1.29 is 26.9 Å². The van der Waals surface area contributed by atoms with Crippen molar-refractivity contribution in [2.45, 2.75) is 50.2 Å². The van der Waals surface area contributed by atoms with Crippen LogP contribution in [0.3, 0.4) is 0 Å². The Bertz CT molecular complexity index is 1730. The van der Waals surface area contributed by atoms with E-state index in [1.54, 1.807) is 12.4 Å². The van der Waals surface area contributed by atoms with Crippen molar-refractivity contribution in [2.75, 3.05) is 10.6 Å². The first-order chi connectivity index (χ1) is 18.2. The van der Waals surface area contributed by atoms with Crippen molar-refractivity contribution in [2.24, 2.45) is 0 Å². The average molecular weight is 522 g/mol. The summed E-state index contributed by atoms with van der Waals surface area (Å²) in [6, 6.07) is 6.28. The molecule has 1 aromatic carbocycles. The largest absolute Gasteiger partial charge is 0.462 e. The molecule has 194 valence electrons. The van der Waals surface area contributed by atoms with Gasteiger partial charge in [-0.05, 0) is 50.3 Å². The van der Waals surface area contributed by atoms with Gasteiger partial charge in [0.2, 0.25) is 0 Å². The number of aromatic nitrogens is 4. The molecule has 2 amide bonds. The third kappa shape index (κ3) is 3.46. The molecule has 2 aliphatic rings. The molecular formula is C26H21F3N6O3. The third-order valence-corrected chi connectivity index (χ3v) is 7.41. The summed E-state index contributed by atoms with van der Waals surface area (Å²) in [4.78, 5) is 21.6. The number of benzene rings is 1.